The van der Waals surface area contributed by atoms with E-state index in [0.717, 1.165) is 44.8 Å². The van der Waals surface area contributed by atoms with E-state index in [9.17, 15) is 4.79 Å². The molecule has 6 aromatic rings. The molecule has 38 heavy (non-hydrogen) atoms. The maximum atomic E-state index is 13.4. The topological polar surface area (TPSA) is 103 Å². The second-order valence-electron chi connectivity index (χ2n) is 8.41. The molecule has 1 amide bonds. The van der Waals surface area contributed by atoms with Gasteiger partial charge in [0.25, 0.3) is 5.91 Å². The summed E-state index contributed by atoms with van der Waals surface area (Å²) in [5.74, 6) is 0.439. The molecule has 186 valence electrons. The van der Waals surface area contributed by atoms with Crippen molar-refractivity contribution in [1.82, 2.24) is 15.0 Å². The zero-order chi connectivity index (χ0) is 26.1. The molecule has 7 nitrogen and oxygen atoms in total. The lowest BCUT2D eigenvalue weighted by molar-refractivity contribution is 0.103. The van der Waals surface area contributed by atoms with Crippen LogP contribution in [0.25, 0.3) is 43.9 Å². The zero-order valence-corrected chi connectivity index (χ0v) is 21.8. The van der Waals surface area contributed by atoms with Gasteiger partial charge in [-0.2, -0.15) is 0 Å². The number of pyridine rings is 2. The van der Waals surface area contributed by atoms with Crippen LogP contribution >= 0.6 is 22.7 Å². The summed E-state index contributed by atoms with van der Waals surface area (Å²) in [5.41, 5.74) is 12.3. The lowest BCUT2D eigenvalue weighted by Crippen LogP contribution is -2.11. The van der Waals surface area contributed by atoms with Crippen LogP contribution in [-0.2, 0) is 0 Å². The number of hydrogen-bond acceptors (Lipinski definition) is 8. The minimum Gasteiger partial charge on any atom is -0.497 e. The standard InChI is InChI=1S/C29H21N5O2S2/c1-36-20-11-9-17(10-12-20)21-14-22(18-6-3-2-4-7-18)32-28-24(21)25(30)26(38-28)27(35)34-29-33-23(16-37-29)19-8-5-13-31-15-19/h2-16H,30H2,1H3,(H,33,34,35). The van der Waals surface area contributed by atoms with Crippen molar-refractivity contribution in [2.45, 2.75) is 0 Å². The smallest absolute Gasteiger partial charge is 0.269 e. The van der Waals surface area contributed by atoms with E-state index in [1.807, 2.05) is 78.2 Å². The number of aromatic nitrogens is 3. The molecule has 0 spiro atoms. The summed E-state index contributed by atoms with van der Waals surface area (Å²) in [6.45, 7) is 0. The van der Waals surface area contributed by atoms with Crippen molar-refractivity contribution in [1.29, 1.82) is 0 Å². The Bertz CT molecular complexity index is 1750. The molecule has 0 atom stereocenters. The number of benzene rings is 2. The Balaban J connectivity index is 1.42. The van der Waals surface area contributed by atoms with E-state index in [4.69, 9.17) is 15.5 Å². The number of nitrogens with one attached hydrogen (secondary N) is 1. The number of nitrogens with two attached hydrogens (primary N) is 1. The van der Waals surface area contributed by atoms with Gasteiger partial charge in [-0.3, -0.25) is 15.1 Å². The average Bonchev–Trinajstić information content (AvgIpc) is 3.58. The molecule has 0 bridgehead atoms. The summed E-state index contributed by atoms with van der Waals surface area (Å²) in [4.78, 5) is 28.0. The van der Waals surface area contributed by atoms with Crippen molar-refractivity contribution < 1.29 is 9.53 Å². The number of thiophene rings is 1. The van der Waals surface area contributed by atoms with E-state index in [2.05, 4.69) is 15.3 Å². The number of ether oxygens (including phenoxy) is 1. The molecule has 0 aliphatic rings. The Kier molecular flexibility index (Phi) is 6.28. The number of methoxy groups -OCH3 is 1. The third kappa shape index (κ3) is 4.49. The molecule has 0 aliphatic carbocycles. The Morgan fingerprint density at radius 1 is 0.921 bits per heavy atom. The van der Waals surface area contributed by atoms with Gasteiger partial charge in [-0.15, -0.1) is 22.7 Å². The molecule has 9 heteroatoms. The maximum Gasteiger partial charge on any atom is 0.269 e. The normalized spacial score (nSPS) is 11.0. The van der Waals surface area contributed by atoms with Crippen LogP contribution in [0.2, 0.25) is 0 Å². The molecule has 6 rings (SSSR count). The third-order valence-electron chi connectivity index (χ3n) is 6.06. The van der Waals surface area contributed by atoms with Crippen molar-refractivity contribution in [3.8, 4) is 39.4 Å². The van der Waals surface area contributed by atoms with E-state index in [1.54, 1.807) is 19.5 Å². The van der Waals surface area contributed by atoms with Gasteiger partial charge in [0, 0.05) is 34.3 Å². The molecule has 4 aromatic heterocycles. The summed E-state index contributed by atoms with van der Waals surface area (Å²) >= 11 is 2.62. The van der Waals surface area contributed by atoms with Gasteiger partial charge in [-0.25, -0.2) is 9.97 Å². The van der Waals surface area contributed by atoms with Crippen LogP contribution in [0.5, 0.6) is 5.75 Å². The SMILES string of the molecule is COc1ccc(-c2cc(-c3ccccc3)nc3sc(C(=O)Nc4nc(-c5cccnc5)cs4)c(N)c23)cc1. The van der Waals surface area contributed by atoms with E-state index in [1.165, 1.54) is 22.7 Å². The largest absolute Gasteiger partial charge is 0.497 e. The van der Waals surface area contributed by atoms with Crippen LogP contribution in [-0.4, -0.2) is 28.0 Å². The Morgan fingerprint density at radius 2 is 1.71 bits per heavy atom. The highest BCUT2D eigenvalue weighted by Crippen LogP contribution is 2.42. The number of carbonyl (C=O) groups excluding carboxylic acids is 1. The van der Waals surface area contributed by atoms with Crippen LogP contribution in [0, 0.1) is 0 Å². The predicted molar refractivity (Wildman–Crippen MR) is 155 cm³/mol. The molecule has 0 fully saturated rings. The number of amides is 1. The fourth-order valence-electron chi connectivity index (χ4n) is 4.18. The minimum absolute atomic E-state index is 0.320. The number of carbonyl (C=O) groups is 1. The fourth-order valence-corrected chi connectivity index (χ4v) is 5.91. The van der Waals surface area contributed by atoms with E-state index in [-0.39, 0.29) is 5.91 Å². The van der Waals surface area contributed by atoms with Crippen molar-refractivity contribution >= 4 is 49.6 Å². The first kappa shape index (κ1) is 23.8. The number of fused-ring (bicyclic) bond motifs is 1. The third-order valence-corrected chi connectivity index (χ3v) is 7.91. The Labute approximate surface area is 226 Å². The first-order chi connectivity index (χ1) is 18.6. The van der Waals surface area contributed by atoms with E-state index in [0.29, 0.717) is 20.5 Å². The monoisotopic (exact) mass is 535 g/mol. The minimum atomic E-state index is -0.320. The summed E-state index contributed by atoms with van der Waals surface area (Å²) < 4.78 is 5.34. The molecule has 0 unspecified atom stereocenters. The Morgan fingerprint density at radius 3 is 2.45 bits per heavy atom. The average molecular weight is 536 g/mol. The van der Waals surface area contributed by atoms with Gasteiger partial charge in [-0.1, -0.05) is 42.5 Å². The molecule has 2 aromatic carbocycles. The zero-order valence-electron chi connectivity index (χ0n) is 20.2. The molecule has 0 saturated carbocycles. The predicted octanol–water partition coefficient (Wildman–Crippen LogP) is 6.99. The molecular weight excluding hydrogens is 514 g/mol. The quantitative estimate of drug-likeness (QED) is 0.238. The fraction of sp³-hybridized carbons (Fsp3) is 0.0345. The lowest BCUT2D eigenvalue weighted by atomic mass is 9.99. The van der Waals surface area contributed by atoms with Gasteiger partial charge in [0.15, 0.2) is 5.13 Å². The first-order valence-corrected chi connectivity index (χ1v) is 13.4. The van der Waals surface area contributed by atoms with Gasteiger partial charge in [0.1, 0.15) is 15.5 Å². The van der Waals surface area contributed by atoms with Crippen LogP contribution in [0.1, 0.15) is 9.67 Å². The van der Waals surface area contributed by atoms with Gasteiger partial charge in [0.05, 0.1) is 24.2 Å². The number of hydrogen-bond donors (Lipinski definition) is 2. The van der Waals surface area contributed by atoms with Crippen LogP contribution in [0.4, 0.5) is 10.8 Å². The molecule has 0 radical (unpaired) electrons. The highest BCUT2D eigenvalue weighted by Gasteiger charge is 2.22. The molecule has 0 saturated heterocycles. The Hall–Kier alpha value is -4.60. The number of thiazole rings is 1. The maximum absolute atomic E-state index is 13.4. The number of anilines is 2. The highest BCUT2D eigenvalue weighted by molar-refractivity contribution is 7.21. The highest BCUT2D eigenvalue weighted by atomic mass is 32.1. The molecule has 0 aliphatic heterocycles. The summed E-state index contributed by atoms with van der Waals surface area (Å²) in [6, 6.07) is 23.5. The van der Waals surface area contributed by atoms with Crippen LogP contribution < -0.4 is 15.8 Å². The van der Waals surface area contributed by atoms with Gasteiger partial charge in [-0.05, 0) is 41.5 Å². The van der Waals surface area contributed by atoms with Crippen molar-refractivity contribution in [3.63, 3.8) is 0 Å². The van der Waals surface area contributed by atoms with Crippen molar-refractivity contribution in [2.75, 3.05) is 18.2 Å². The molecular formula is C29H21N5O2S2. The number of rotatable bonds is 6. The summed E-state index contributed by atoms with van der Waals surface area (Å²) in [5, 5.41) is 6.03. The van der Waals surface area contributed by atoms with Crippen LogP contribution in [0.15, 0.2) is 90.6 Å². The van der Waals surface area contributed by atoms with E-state index >= 15 is 0 Å². The van der Waals surface area contributed by atoms with E-state index < -0.39 is 0 Å². The van der Waals surface area contributed by atoms with Crippen LogP contribution in [0.3, 0.4) is 0 Å². The lowest BCUT2D eigenvalue weighted by Gasteiger charge is -2.09. The summed E-state index contributed by atoms with van der Waals surface area (Å²) in [7, 11) is 1.64. The van der Waals surface area contributed by atoms with Crippen molar-refractivity contribution in [2.24, 2.45) is 0 Å². The molecule has 4 heterocycles. The molecule has 3 N–H and O–H groups in total. The van der Waals surface area contributed by atoms with Crippen molar-refractivity contribution in [3.05, 3.63) is 95.4 Å². The number of nitrogen functional groups attached to an aromatic ring is 1. The second-order valence-corrected chi connectivity index (χ2v) is 10.3. The second kappa shape index (κ2) is 10.0. The van der Waals surface area contributed by atoms with Gasteiger partial charge >= 0.3 is 0 Å². The number of nitrogens with zero attached hydrogens (tertiary/aromatic N) is 3. The van der Waals surface area contributed by atoms with Gasteiger partial charge < -0.3 is 10.5 Å². The van der Waals surface area contributed by atoms with Gasteiger partial charge in [0.2, 0.25) is 0 Å². The summed E-state index contributed by atoms with van der Waals surface area (Å²) in [6.07, 6.45) is 3.45. The first-order valence-electron chi connectivity index (χ1n) is 11.7.